The van der Waals surface area contributed by atoms with E-state index >= 15 is 0 Å². The van der Waals surface area contributed by atoms with Crippen molar-refractivity contribution in [2.24, 2.45) is 5.73 Å². The molecule has 3 atom stereocenters. The monoisotopic (exact) mass is 350 g/mol. The number of hydrogen-bond donors (Lipinski definition) is 4. The van der Waals surface area contributed by atoms with Crippen LogP contribution in [0.5, 0.6) is 0 Å². The zero-order chi connectivity index (χ0) is 15.7. The molecule has 0 aromatic rings. The first kappa shape index (κ1) is 18.9. The third-order valence-electron chi connectivity index (χ3n) is 2.53. The Kier molecular flexibility index (Phi) is 9.15. The van der Waals surface area contributed by atoms with Crippen LogP contribution in [0.4, 0.5) is 0 Å². The molecule has 0 rings (SSSR count). The third-order valence-corrected chi connectivity index (χ3v) is 3.09. The van der Waals surface area contributed by atoms with E-state index in [4.69, 9.17) is 5.73 Å². The molecule has 3 amide bonds. The van der Waals surface area contributed by atoms with Crippen LogP contribution in [0.15, 0.2) is 0 Å². The van der Waals surface area contributed by atoms with E-state index in [0.29, 0.717) is 6.54 Å². The molecule has 0 aliphatic heterocycles. The lowest BCUT2D eigenvalue weighted by molar-refractivity contribution is -0.131. The molecule has 0 saturated heterocycles. The Morgan fingerprint density at radius 1 is 1.00 bits per heavy atom. The van der Waals surface area contributed by atoms with Crippen LogP contribution < -0.4 is 21.7 Å². The summed E-state index contributed by atoms with van der Waals surface area (Å²) in [6, 6.07) is -2.09. The number of nitrogens with two attached hydrogens (primary N) is 1. The van der Waals surface area contributed by atoms with Gasteiger partial charge in [0.25, 0.3) is 0 Å². The smallest absolute Gasteiger partial charge is 0.242 e. The minimum Gasteiger partial charge on any atom is -0.354 e. The van der Waals surface area contributed by atoms with Gasteiger partial charge in [0.1, 0.15) is 12.1 Å². The molecule has 0 aliphatic rings. The van der Waals surface area contributed by atoms with Crippen molar-refractivity contribution in [1.82, 2.24) is 16.0 Å². The summed E-state index contributed by atoms with van der Waals surface area (Å²) in [5.41, 5.74) is 5.39. The highest BCUT2D eigenvalue weighted by Crippen LogP contribution is 1.90. The summed E-state index contributed by atoms with van der Waals surface area (Å²) in [6.07, 6.45) is 0.813. The molecular formula is C12H23BrN4O3. The average molecular weight is 351 g/mol. The molecule has 0 aliphatic carbocycles. The molecule has 0 unspecified atom stereocenters. The van der Waals surface area contributed by atoms with Crippen LogP contribution in [0.25, 0.3) is 0 Å². The SMILES string of the molecule is C[C@H](N)C(=O)N[C@@H](C)C(=O)N[C@@H](C)C(=O)NCCCBr. The van der Waals surface area contributed by atoms with Gasteiger partial charge in [0, 0.05) is 11.9 Å². The predicted molar refractivity (Wildman–Crippen MR) is 80.3 cm³/mol. The van der Waals surface area contributed by atoms with Crippen LogP contribution in [0.2, 0.25) is 0 Å². The van der Waals surface area contributed by atoms with Crippen molar-refractivity contribution in [3.8, 4) is 0 Å². The lowest BCUT2D eigenvalue weighted by atomic mass is 10.2. The largest absolute Gasteiger partial charge is 0.354 e. The lowest BCUT2D eigenvalue weighted by Crippen LogP contribution is -2.53. The van der Waals surface area contributed by atoms with Crippen LogP contribution in [0.3, 0.4) is 0 Å². The predicted octanol–water partition coefficient (Wildman–Crippen LogP) is -0.756. The maximum Gasteiger partial charge on any atom is 0.242 e. The number of carbonyl (C=O) groups is 3. The number of carbonyl (C=O) groups excluding carboxylic acids is 3. The summed E-state index contributed by atoms with van der Waals surface area (Å²) in [5.74, 6) is -1.10. The summed E-state index contributed by atoms with van der Waals surface area (Å²) in [5, 5.41) is 8.49. The van der Waals surface area contributed by atoms with E-state index in [9.17, 15) is 14.4 Å². The van der Waals surface area contributed by atoms with Gasteiger partial charge in [-0.25, -0.2) is 0 Å². The molecule has 116 valence electrons. The van der Waals surface area contributed by atoms with E-state index in [1.165, 1.54) is 13.8 Å². The fraction of sp³-hybridized carbons (Fsp3) is 0.750. The fourth-order valence-corrected chi connectivity index (χ4v) is 1.53. The van der Waals surface area contributed by atoms with Gasteiger partial charge in [-0.05, 0) is 27.2 Å². The molecule has 0 heterocycles. The Hall–Kier alpha value is -1.15. The van der Waals surface area contributed by atoms with Crippen LogP contribution in [-0.4, -0.2) is 47.7 Å². The first-order valence-corrected chi connectivity index (χ1v) is 7.61. The molecule has 0 fully saturated rings. The van der Waals surface area contributed by atoms with E-state index in [2.05, 4.69) is 31.9 Å². The second-order valence-corrected chi connectivity index (χ2v) is 5.38. The Morgan fingerprint density at radius 2 is 1.50 bits per heavy atom. The highest BCUT2D eigenvalue weighted by molar-refractivity contribution is 9.09. The lowest BCUT2D eigenvalue weighted by Gasteiger charge is -2.19. The van der Waals surface area contributed by atoms with Crippen molar-refractivity contribution in [1.29, 1.82) is 0 Å². The minimum absolute atomic E-state index is 0.259. The second-order valence-electron chi connectivity index (χ2n) is 4.58. The number of nitrogens with one attached hydrogen (secondary N) is 3. The third kappa shape index (κ3) is 7.44. The van der Waals surface area contributed by atoms with Crippen LogP contribution in [0.1, 0.15) is 27.2 Å². The quantitative estimate of drug-likeness (QED) is 0.340. The van der Waals surface area contributed by atoms with Crippen molar-refractivity contribution in [3.63, 3.8) is 0 Å². The van der Waals surface area contributed by atoms with Gasteiger partial charge >= 0.3 is 0 Å². The van der Waals surface area contributed by atoms with E-state index in [0.717, 1.165) is 11.8 Å². The van der Waals surface area contributed by atoms with Crippen LogP contribution in [-0.2, 0) is 14.4 Å². The zero-order valence-electron chi connectivity index (χ0n) is 12.0. The van der Waals surface area contributed by atoms with Gasteiger partial charge in [0.2, 0.25) is 17.7 Å². The maximum atomic E-state index is 11.8. The Labute approximate surface area is 127 Å². The normalized spacial score (nSPS) is 14.8. The van der Waals surface area contributed by atoms with Gasteiger partial charge < -0.3 is 21.7 Å². The van der Waals surface area contributed by atoms with Gasteiger partial charge in [0.15, 0.2) is 0 Å². The standard InChI is InChI=1S/C12H23BrN4O3/c1-7(14)10(18)16-9(3)12(20)17-8(2)11(19)15-6-4-5-13/h7-9H,4-6,14H2,1-3H3,(H,15,19)(H,16,18)(H,17,20)/t7-,8-,9-/m0/s1. The molecule has 5 N–H and O–H groups in total. The Morgan fingerprint density at radius 3 is 2.00 bits per heavy atom. The van der Waals surface area contributed by atoms with Crippen molar-refractivity contribution in [2.45, 2.75) is 45.3 Å². The molecule has 0 saturated carbocycles. The fourth-order valence-electron chi connectivity index (χ4n) is 1.25. The molecule has 0 radical (unpaired) electrons. The van der Waals surface area contributed by atoms with Gasteiger partial charge in [-0.15, -0.1) is 0 Å². The van der Waals surface area contributed by atoms with Gasteiger partial charge in [-0.3, -0.25) is 14.4 Å². The van der Waals surface area contributed by atoms with Crippen molar-refractivity contribution < 1.29 is 14.4 Å². The molecule has 0 bridgehead atoms. The first-order valence-electron chi connectivity index (χ1n) is 6.49. The van der Waals surface area contributed by atoms with Gasteiger partial charge in [0.05, 0.1) is 6.04 Å². The number of alkyl halides is 1. The summed E-state index contributed by atoms with van der Waals surface area (Å²) in [4.78, 5) is 34.8. The van der Waals surface area contributed by atoms with E-state index in [-0.39, 0.29) is 5.91 Å². The Bertz CT molecular complexity index is 350. The van der Waals surface area contributed by atoms with Gasteiger partial charge in [-0.1, -0.05) is 15.9 Å². The number of rotatable bonds is 8. The number of hydrogen-bond acceptors (Lipinski definition) is 4. The van der Waals surface area contributed by atoms with E-state index < -0.39 is 29.9 Å². The van der Waals surface area contributed by atoms with Crippen molar-refractivity contribution in [3.05, 3.63) is 0 Å². The number of halogens is 1. The molecular weight excluding hydrogens is 328 g/mol. The van der Waals surface area contributed by atoms with E-state index in [1.54, 1.807) is 6.92 Å². The highest BCUT2D eigenvalue weighted by atomic mass is 79.9. The highest BCUT2D eigenvalue weighted by Gasteiger charge is 2.21. The molecule has 0 aromatic heterocycles. The second kappa shape index (κ2) is 9.71. The van der Waals surface area contributed by atoms with Crippen molar-refractivity contribution >= 4 is 33.7 Å². The van der Waals surface area contributed by atoms with Crippen LogP contribution >= 0.6 is 15.9 Å². The minimum atomic E-state index is -0.744. The molecule has 8 heteroatoms. The topological polar surface area (TPSA) is 113 Å². The summed E-state index contributed by atoms with van der Waals surface area (Å²) in [6.45, 7) is 5.19. The summed E-state index contributed by atoms with van der Waals surface area (Å²) >= 11 is 3.26. The van der Waals surface area contributed by atoms with E-state index in [1.807, 2.05) is 0 Å². The first-order chi connectivity index (χ1) is 9.29. The van der Waals surface area contributed by atoms with Crippen LogP contribution in [0, 0.1) is 0 Å². The zero-order valence-corrected chi connectivity index (χ0v) is 13.6. The van der Waals surface area contributed by atoms with Gasteiger partial charge in [-0.2, -0.15) is 0 Å². The summed E-state index contributed by atoms with van der Waals surface area (Å²) in [7, 11) is 0. The summed E-state index contributed by atoms with van der Waals surface area (Å²) < 4.78 is 0. The molecule has 20 heavy (non-hydrogen) atoms. The van der Waals surface area contributed by atoms with Crippen molar-refractivity contribution in [2.75, 3.05) is 11.9 Å². The molecule has 0 aromatic carbocycles. The average Bonchev–Trinajstić information content (AvgIpc) is 2.38. The Balaban J connectivity index is 4.17. The molecule has 0 spiro atoms. The maximum absolute atomic E-state index is 11.8. The number of amides is 3. The molecule has 7 nitrogen and oxygen atoms in total.